The third kappa shape index (κ3) is 16.7. The summed E-state index contributed by atoms with van der Waals surface area (Å²) in [6, 6.07) is 10.7. The van der Waals surface area contributed by atoms with Crippen LogP contribution in [0.2, 0.25) is 0 Å². The highest BCUT2D eigenvalue weighted by molar-refractivity contribution is 6.00. The first-order valence-electron chi connectivity index (χ1n) is 18.0. The number of guanidine groups is 4. The molecule has 348 valence electrons. The Labute approximate surface area is 362 Å². The summed E-state index contributed by atoms with van der Waals surface area (Å²) >= 11 is 0. The number of nitrogens with two attached hydrogens (primary N) is 6. The van der Waals surface area contributed by atoms with Crippen LogP contribution < -0.4 is 102 Å². The van der Waals surface area contributed by atoms with Crippen LogP contribution in [0.25, 0.3) is 0 Å². The summed E-state index contributed by atoms with van der Waals surface area (Å²) in [4.78, 5) is 91.5. The molecule has 31 heteroatoms. The molecular weight excluding hydrogens is 850 g/mol. The summed E-state index contributed by atoms with van der Waals surface area (Å²) in [7, 11) is 2.87. The van der Waals surface area contributed by atoms with Crippen molar-refractivity contribution in [2.45, 2.75) is 49.6 Å². The first-order chi connectivity index (χ1) is 30.1. The molecule has 2 rings (SSSR count). The van der Waals surface area contributed by atoms with E-state index in [0.29, 0.717) is 17.1 Å². The fraction of sp³-hybridized carbons (Fsp3) is 0.303. The van der Waals surface area contributed by atoms with Crippen molar-refractivity contribution in [1.82, 2.24) is 58.5 Å². The summed E-state index contributed by atoms with van der Waals surface area (Å²) in [6.45, 7) is -0.0870. The van der Waals surface area contributed by atoms with Crippen LogP contribution in [0.4, 0.5) is 0 Å². The zero-order valence-electron chi connectivity index (χ0n) is 34.0. The zero-order chi connectivity index (χ0) is 48.3. The second kappa shape index (κ2) is 24.5. The number of carbonyl (C=O) groups is 7. The lowest BCUT2D eigenvalue weighted by Gasteiger charge is -2.28. The van der Waals surface area contributed by atoms with Crippen molar-refractivity contribution in [3.63, 3.8) is 0 Å². The van der Waals surface area contributed by atoms with Gasteiger partial charge in [-0.2, -0.15) is 0 Å². The number of benzene rings is 2. The molecule has 0 saturated carbocycles. The van der Waals surface area contributed by atoms with Crippen LogP contribution in [-0.2, 0) is 40.1 Å². The number of nitrogens with one attached hydrogen (secondary N) is 15. The van der Waals surface area contributed by atoms with Gasteiger partial charge in [0, 0.05) is 18.2 Å². The highest BCUT2D eigenvalue weighted by Gasteiger charge is 2.34. The maximum absolute atomic E-state index is 13.8. The minimum absolute atomic E-state index is 0.0870. The first kappa shape index (κ1) is 51.4. The second-order valence-corrected chi connectivity index (χ2v) is 12.7. The Bertz CT molecular complexity index is 2080. The van der Waals surface area contributed by atoms with Crippen molar-refractivity contribution in [3.8, 4) is 11.5 Å². The number of amides is 7. The Balaban J connectivity index is 2.34. The lowest BCUT2D eigenvalue weighted by Crippen LogP contribution is -2.69. The maximum atomic E-state index is 13.8. The number of primary amides is 1. The van der Waals surface area contributed by atoms with Crippen LogP contribution in [0.1, 0.15) is 17.2 Å². The van der Waals surface area contributed by atoms with Gasteiger partial charge < -0.3 is 102 Å². The van der Waals surface area contributed by atoms with E-state index in [1.165, 1.54) is 38.5 Å². The van der Waals surface area contributed by atoms with Crippen LogP contribution in [0.3, 0.4) is 0 Å². The minimum Gasteiger partial charge on any atom is -0.497 e. The quantitative estimate of drug-likeness (QED) is 0.0280. The van der Waals surface area contributed by atoms with Crippen molar-refractivity contribution in [2.75, 3.05) is 14.2 Å². The van der Waals surface area contributed by atoms with E-state index in [-0.39, 0.29) is 12.1 Å². The SMILES string of the molecule is COc1ccc(CNC(O)C(=O)NC(C(=O)NC(NC(=N)N)C(=O)NC(NC(=N)N)C(=O)NC(NC(=N)N)C(=O)NC(NC(=N)N)C(=O)NC(N)C(N)=O)c2ccccc2)c(OC)c1. The number of carbonyl (C=O) groups excluding carboxylic acids is 7. The lowest BCUT2D eigenvalue weighted by atomic mass is 10.1. The first-order valence-corrected chi connectivity index (χ1v) is 18.0. The molecule has 64 heavy (non-hydrogen) atoms. The number of hydrogen-bond donors (Lipinski definition) is 22. The maximum Gasteiger partial charge on any atom is 0.265 e. The molecule has 0 fully saturated rings. The van der Waals surface area contributed by atoms with Crippen LogP contribution >= 0.6 is 0 Å². The largest absolute Gasteiger partial charge is 0.497 e. The average Bonchev–Trinajstić information content (AvgIpc) is 3.22. The van der Waals surface area contributed by atoms with Crippen molar-refractivity contribution in [2.24, 2.45) is 34.4 Å². The topological polar surface area (TPSA) is 542 Å². The molecule has 7 unspecified atom stereocenters. The highest BCUT2D eigenvalue weighted by atomic mass is 16.5. The highest BCUT2D eigenvalue weighted by Crippen LogP contribution is 2.24. The number of aliphatic hydroxyl groups is 1. The summed E-state index contributed by atoms with van der Waals surface area (Å²) in [5.74, 6) is -11.6. The molecule has 7 atom stereocenters. The Morgan fingerprint density at radius 1 is 0.562 bits per heavy atom. The molecular formula is C33H51N21O10. The predicted molar refractivity (Wildman–Crippen MR) is 223 cm³/mol. The lowest BCUT2D eigenvalue weighted by molar-refractivity contribution is -0.137. The summed E-state index contributed by atoms with van der Waals surface area (Å²) < 4.78 is 10.5. The van der Waals surface area contributed by atoms with E-state index in [2.05, 4.69) is 31.9 Å². The molecule has 31 nitrogen and oxygen atoms in total. The molecule has 7 amide bonds. The van der Waals surface area contributed by atoms with Gasteiger partial charge in [-0.25, -0.2) is 0 Å². The number of hydrogen-bond acceptors (Lipinski definition) is 16. The molecule has 0 aliphatic rings. The van der Waals surface area contributed by atoms with Gasteiger partial charge in [-0.1, -0.05) is 36.4 Å². The van der Waals surface area contributed by atoms with Gasteiger partial charge >= 0.3 is 0 Å². The van der Waals surface area contributed by atoms with Gasteiger partial charge in [0.1, 0.15) is 17.5 Å². The van der Waals surface area contributed by atoms with Gasteiger partial charge in [0.2, 0.25) is 5.91 Å². The Hall–Kier alpha value is -8.71. The zero-order valence-corrected chi connectivity index (χ0v) is 34.0. The van der Waals surface area contributed by atoms with Crippen LogP contribution in [0.5, 0.6) is 11.5 Å². The van der Waals surface area contributed by atoms with Gasteiger partial charge in [-0.3, -0.25) is 60.5 Å². The Morgan fingerprint density at radius 3 is 1.38 bits per heavy atom. The molecule has 0 aliphatic heterocycles. The van der Waals surface area contributed by atoms with Crippen LogP contribution in [0, 0.1) is 21.6 Å². The van der Waals surface area contributed by atoms with E-state index in [1.54, 1.807) is 24.3 Å². The number of rotatable bonds is 23. The molecule has 28 N–H and O–H groups in total. The van der Waals surface area contributed by atoms with Gasteiger partial charge in [0.05, 0.1) is 14.2 Å². The van der Waals surface area contributed by atoms with E-state index in [0.717, 1.165) is 0 Å². The van der Waals surface area contributed by atoms with E-state index >= 15 is 0 Å². The van der Waals surface area contributed by atoms with Gasteiger partial charge in [-0.15, -0.1) is 0 Å². The average molecular weight is 902 g/mol. The molecule has 0 aliphatic carbocycles. The van der Waals surface area contributed by atoms with Gasteiger partial charge in [-0.05, 0) is 11.6 Å². The Kier molecular flexibility index (Phi) is 19.7. The summed E-state index contributed by atoms with van der Waals surface area (Å²) in [5, 5.41) is 64.7. The summed E-state index contributed by atoms with van der Waals surface area (Å²) in [5.41, 5.74) is 32.7. The smallest absolute Gasteiger partial charge is 0.265 e. The number of ether oxygens (including phenoxy) is 2. The predicted octanol–water partition coefficient (Wildman–Crippen LogP) is -9.44. The van der Waals surface area contributed by atoms with Gasteiger partial charge in [0.25, 0.3) is 35.4 Å². The molecule has 0 spiro atoms. The normalized spacial score (nSPS) is 13.7. The fourth-order valence-electron chi connectivity index (χ4n) is 4.96. The summed E-state index contributed by atoms with van der Waals surface area (Å²) in [6.07, 6.45) is -11.9. The van der Waals surface area contributed by atoms with E-state index in [4.69, 9.17) is 65.5 Å². The molecule has 0 saturated heterocycles. The number of methoxy groups -OCH3 is 2. The third-order valence-electron chi connectivity index (χ3n) is 7.91. The van der Waals surface area contributed by atoms with Gasteiger partial charge in [0.15, 0.2) is 60.9 Å². The fourth-order valence-corrected chi connectivity index (χ4v) is 4.96. The minimum atomic E-state index is -2.12. The van der Waals surface area contributed by atoms with Crippen molar-refractivity contribution in [3.05, 3.63) is 59.7 Å². The molecule has 0 aromatic heterocycles. The van der Waals surface area contributed by atoms with Crippen molar-refractivity contribution >= 4 is 65.2 Å². The molecule has 2 aromatic rings. The van der Waals surface area contributed by atoms with Crippen molar-refractivity contribution in [1.29, 1.82) is 21.6 Å². The molecule has 0 radical (unpaired) electrons. The van der Waals surface area contributed by atoms with Crippen LogP contribution in [-0.4, -0.2) is 122 Å². The molecule has 0 heterocycles. The van der Waals surface area contributed by atoms with E-state index in [9.17, 15) is 38.7 Å². The number of aliphatic hydroxyl groups excluding tert-OH is 1. The molecule has 0 bridgehead atoms. The molecule has 2 aromatic carbocycles. The second-order valence-electron chi connectivity index (χ2n) is 12.7. The van der Waals surface area contributed by atoms with E-state index in [1.807, 2.05) is 26.6 Å². The Morgan fingerprint density at radius 2 is 0.984 bits per heavy atom. The van der Waals surface area contributed by atoms with E-state index < -0.39 is 108 Å². The standard InChI is InChI=1S/C33H51N21O10/c1-63-14-9-8-13(15(10-14)64-2)11-44-28(61)29(62)45-16(12-6-4-3-5-7-12)23(56)47-20(52-31(38)39)25(58)49-22(54-33(42)43)27(60)50-21(53-32(40)41)26(59)48-19(51-30(36)37)24(57)46-17(34)18(35)55/h3-10,16-17,19-22,28,44,61H,11,34H2,1-2H3,(H2,35,55)(H,45,62)(H,46,57)(H,47,56)(H,48,59)(H,49,58)(H,50,60)(H4,36,37,51)(H4,38,39,52)(H4,40,41,53)(H4,42,43,54). The third-order valence-corrected chi connectivity index (χ3v) is 7.91. The van der Waals surface area contributed by atoms with Crippen molar-refractivity contribution < 1.29 is 48.1 Å². The monoisotopic (exact) mass is 901 g/mol. The van der Waals surface area contributed by atoms with Crippen LogP contribution in [0.15, 0.2) is 48.5 Å².